The molecule has 4 amide bonds. The predicted octanol–water partition coefficient (Wildman–Crippen LogP) is 2.96. The van der Waals surface area contributed by atoms with E-state index in [0.717, 1.165) is 12.0 Å². The number of hydrogen-bond donors (Lipinski definition) is 3. The normalized spacial score (nSPS) is 15.8. The summed E-state index contributed by atoms with van der Waals surface area (Å²) in [7, 11) is 0. The monoisotopic (exact) mass is 380 g/mol. The van der Waals surface area contributed by atoms with Gasteiger partial charge in [-0.2, -0.15) is 0 Å². The molecule has 28 heavy (non-hydrogen) atoms. The van der Waals surface area contributed by atoms with Crippen molar-refractivity contribution in [1.82, 2.24) is 10.2 Å². The molecule has 0 saturated carbocycles. The Balaban J connectivity index is 1.56. The molecule has 2 aromatic carbocycles. The van der Waals surface area contributed by atoms with Gasteiger partial charge in [-0.05, 0) is 42.7 Å². The van der Waals surface area contributed by atoms with E-state index in [-0.39, 0.29) is 17.8 Å². The van der Waals surface area contributed by atoms with Crippen LogP contribution in [0, 0.1) is 0 Å². The van der Waals surface area contributed by atoms with Gasteiger partial charge < -0.3 is 20.9 Å². The Morgan fingerprint density at radius 3 is 2.25 bits per heavy atom. The first kappa shape index (κ1) is 19.4. The van der Waals surface area contributed by atoms with Crippen LogP contribution in [0.2, 0.25) is 0 Å². The van der Waals surface area contributed by atoms with Gasteiger partial charge in [0, 0.05) is 31.4 Å². The summed E-state index contributed by atoms with van der Waals surface area (Å²) in [6.07, 6.45) is 1.42. The maximum Gasteiger partial charge on any atom is 0.318 e. The molecule has 1 atom stereocenters. The zero-order valence-electron chi connectivity index (χ0n) is 15.8. The second-order valence-corrected chi connectivity index (χ2v) is 6.74. The summed E-state index contributed by atoms with van der Waals surface area (Å²) in [6.45, 7) is 2.42. The Bertz CT molecular complexity index is 836. The van der Waals surface area contributed by atoms with E-state index >= 15 is 0 Å². The fourth-order valence-electron chi connectivity index (χ4n) is 3.22. The lowest BCUT2D eigenvalue weighted by Gasteiger charge is -2.24. The molecule has 1 aliphatic rings. The summed E-state index contributed by atoms with van der Waals surface area (Å²) >= 11 is 0. The van der Waals surface area contributed by atoms with E-state index < -0.39 is 6.04 Å². The number of urea groups is 1. The van der Waals surface area contributed by atoms with Gasteiger partial charge in [0.1, 0.15) is 6.04 Å². The van der Waals surface area contributed by atoms with Gasteiger partial charge in [-0.1, -0.05) is 30.3 Å². The predicted molar refractivity (Wildman–Crippen MR) is 108 cm³/mol. The zero-order valence-corrected chi connectivity index (χ0v) is 15.8. The Morgan fingerprint density at radius 1 is 0.964 bits per heavy atom. The smallest absolute Gasteiger partial charge is 0.318 e. The second kappa shape index (κ2) is 9.03. The third kappa shape index (κ3) is 5.09. The molecule has 7 nitrogen and oxygen atoms in total. The van der Waals surface area contributed by atoms with E-state index in [2.05, 4.69) is 16.0 Å². The topological polar surface area (TPSA) is 90.5 Å². The summed E-state index contributed by atoms with van der Waals surface area (Å²) < 4.78 is 0. The number of nitrogens with zero attached hydrogens (tertiary/aromatic N) is 1. The van der Waals surface area contributed by atoms with Crippen LogP contribution in [-0.4, -0.2) is 35.3 Å². The first-order chi connectivity index (χ1) is 13.5. The van der Waals surface area contributed by atoms with Crippen LogP contribution in [0.4, 0.5) is 16.2 Å². The summed E-state index contributed by atoms with van der Waals surface area (Å²) in [6, 6.07) is 15.8. The van der Waals surface area contributed by atoms with E-state index in [1.54, 1.807) is 29.2 Å². The fraction of sp³-hybridized carbons (Fsp3) is 0.286. The van der Waals surface area contributed by atoms with Crippen LogP contribution in [-0.2, 0) is 16.1 Å². The van der Waals surface area contributed by atoms with Crippen molar-refractivity contribution < 1.29 is 14.4 Å². The van der Waals surface area contributed by atoms with Crippen molar-refractivity contribution in [3.63, 3.8) is 0 Å². The first-order valence-electron chi connectivity index (χ1n) is 9.30. The fourth-order valence-corrected chi connectivity index (χ4v) is 3.22. The van der Waals surface area contributed by atoms with Crippen molar-refractivity contribution in [3.05, 3.63) is 60.2 Å². The molecule has 0 radical (unpaired) electrons. The Morgan fingerprint density at radius 2 is 1.61 bits per heavy atom. The third-order valence-corrected chi connectivity index (χ3v) is 4.58. The molecule has 1 saturated heterocycles. The van der Waals surface area contributed by atoms with Gasteiger partial charge in [0.2, 0.25) is 11.8 Å². The lowest BCUT2D eigenvalue weighted by molar-refractivity contribution is -0.119. The maximum absolute atomic E-state index is 12.7. The van der Waals surface area contributed by atoms with Gasteiger partial charge in [0.25, 0.3) is 0 Å². The van der Waals surface area contributed by atoms with Crippen molar-refractivity contribution in [1.29, 1.82) is 0 Å². The highest BCUT2D eigenvalue weighted by atomic mass is 16.2. The van der Waals surface area contributed by atoms with Gasteiger partial charge in [-0.3, -0.25) is 9.59 Å². The van der Waals surface area contributed by atoms with Crippen LogP contribution < -0.4 is 16.0 Å². The highest BCUT2D eigenvalue weighted by Crippen LogP contribution is 2.20. The average Bonchev–Trinajstić information content (AvgIpc) is 3.18. The van der Waals surface area contributed by atoms with Gasteiger partial charge in [-0.25, -0.2) is 4.79 Å². The molecular weight excluding hydrogens is 356 g/mol. The van der Waals surface area contributed by atoms with E-state index in [1.807, 2.05) is 30.3 Å². The Kier molecular flexibility index (Phi) is 6.26. The van der Waals surface area contributed by atoms with Gasteiger partial charge in [0.15, 0.2) is 0 Å². The number of nitrogens with one attached hydrogen (secondary N) is 3. The number of amides is 4. The molecule has 1 aliphatic heterocycles. The Hall–Kier alpha value is -3.35. The molecule has 146 valence electrons. The molecule has 1 heterocycles. The molecule has 3 rings (SSSR count). The van der Waals surface area contributed by atoms with Crippen molar-refractivity contribution in [2.75, 3.05) is 17.2 Å². The lowest BCUT2D eigenvalue weighted by atomic mass is 10.2. The van der Waals surface area contributed by atoms with E-state index in [9.17, 15) is 14.4 Å². The van der Waals surface area contributed by atoms with Crippen molar-refractivity contribution in [2.45, 2.75) is 32.4 Å². The molecule has 1 fully saturated rings. The summed E-state index contributed by atoms with van der Waals surface area (Å²) in [5.41, 5.74) is 2.29. The van der Waals surface area contributed by atoms with Crippen LogP contribution in [0.3, 0.4) is 0 Å². The minimum absolute atomic E-state index is 0.153. The Labute approximate surface area is 164 Å². The summed E-state index contributed by atoms with van der Waals surface area (Å²) in [5.74, 6) is -0.362. The largest absolute Gasteiger partial charge is 0.334 e. The molecule has 0 aromatic heterocycles. The summed E-state index contributed by atoms with van der Waals surface area (Å²) in [5, 5.41) is 8.41. The van der Waals surface area contributed by atoms with Crippen LogP contribution in [0.15, 0.2) is 54.6 Å². The SMILES string of the molecule is CC(=O)Nc1ccc(NC(=O)[C@@H]2CCCN2C(=O)NCc2ccccc2)cc1. The number of hydrogen-bond acceptors (Lipinski definition) is 3. The van der Waals surface area contributed by atoms with E-state index in [0.29, 0.717) is 30.9 Å². The number of likely N-dealkylation sites (tertiary alicyclic amines) is 1. The number of carbonyl (C=O) groups is 3. The van der Waals surface area contributed by atoms with Crippen LogP contribution in [0.25, 0.3) is 0 Å². The van der Waals surface area contributed by atoms with Crippen molar-refractivity contribution in [3.8, 4) is 0 Å². The number of rotatable bonds is 5. The lowest BCUT2D eigenvalue weighted by Crippen LogP contribution is -2.47. The average molecular weight is 380 g/mol. The van der Waals surface area contributed by atoms with E-state index in [4.69, 9.17) is 0 Å². The molecule has 0 aliphatic carbocycles. The van der Waals surface area contributed by atoms with Crippen LogP contribution in [0.5, 0.6) is 0 Å². The van der Waals surface area contributed by atoms with Crippen LogP contribution in [0.1, 0.15) is 25.3 Å². The molecular formula is C21H24N4O3. The quantitative estimate of drug-likeness (QED) is 0.745. The molecule has 0 spiro atoms. The molecule has 3 N–H and O–H groups in total. The van der Waals surface area contributed by atoms with Gasteiger partial charge in [0.05, 0.1) is 0 Å². The van der Waals surface area contributed by atoms with Crippen molar-refractivity contribution >= 4 is 29.2 Å². The minimum atomic E-state index is -0.495. The number of anilines is 2. The minimum Gasteiger partial charge on any atom is -0.334 e. The maximum atomic E-state index is 12.7. The van der Waals surface area contributed by atoms with Gasteiger partial charge >= 0.3 is 6.03 Å². The molecule has 0 unspecified atom stereocenters. The number of benzene rings is 2. The highest BCUT2D eigenvalue weighted by Gasteiger charge is 2.34. The highest BCUT2D eigenvalue weighted by molar-refractivity contribution is 5.97. The second-order valence-electron chi connectivity index (χ2n) is 6.74. The number of carbonyl (C=O) groups excluding carboxylic acids is 3. The molecule has 2 aromatic rings. The third-order valence-electron chi connectivity index (χ3n) is 4.58. The summed E-state index contributed by atoms with van der Waals surface area (Å²) in [4.78, 5) is 37.8. The van der Waals surface area contributed by atoms with Crippen molar-refractivity contribution in [2.24, 2.45) is 0 Å². The standard InChI is InChI=1S/C21H24N4O3/c1-15(26)23-17-9-11-18(12-10-17)24-20(27)19-8-5-13-25(19)21(28)22-14-16-6-3-2-4-7-16/h2-4,6-7,9-12,19H,5,8,13-14H2,1H3,(H,22,28)(H,23,26)(H,24,27)/t19-/m0/s1. The first-order valence-corrected chi connectivity index (χ1v) is 9.30. The van der Waals surface area contributed by atoms with E-state index in [1.165, 1.54) is 6.92 Å². The van der Waals surface area contributed by atoms with Gasteiger partial charge in [-0.15, -0.1) is 0 Å². The zero-order chi connectivity index (χ0) is 19.9. The molecule has 7 heteroatoms. The molecule has 0 bridgehead atoms. The van der Waals surface area contributed by atoms with Crippen LogP contribution >= 0.6 is 0 Å².